The third-order valence-electron chi connectivity index (χ3n) is 9.26. The summed E-state index contributed by atoms with van der Waals surface area (Å²) >= 11 is 0. The van der Waals surface area contributed by atoms with E-state index in [1.54, 1.807) is 13.3 Å². The van der Waals surface area contributed by atoms with E-state index in [9.17, 15) is 0 Å². The minimum atomic E-state index is 0. The number of allylic oxidation sites excluding steroid dienone is 5. The molecule has 2 aromatic heterocycles. The van der Waals surface area contributed by atoms with E-state index in [4.69, 9.17) is 0 Å². The third-order valence-corrected chi connectivity index (χ3v) is 9.26. The van der Waals surface area contributed by atoms with Gasteiger partial charge in [-0.05, 0) is 89.7 Å². The Morgan fingerprint density at radius 1 is 0.774 bits per heavy atom. The van der Waals surface area contributed by atoms with Crippen LogP contribution in [0.3, 0.4) is 0 Å². The van der Waals surface area contributed by atoms with Crippen LogP contribution in [0.15, 0.2) is 175 Å². The average molecular weight is 1190 g/mol. The van der Waals surface area contributed by atoms with E-state index < -0.39 is 0 Å². The first-order chi connectivity index (χ1) is 28.0. The monoisotopic (exact) mass is 1190 g/mol. The minimum absolute atomic E-state index is 0. The molecule has 4 aromatic carbocycles. The standard InChI is InChI=1S/C25H18N2.C23H29N2.C3H7N.C2H6.2CH3.2Pt/c1-3-19(2)27(23-13-5-4-6-14-23)24-15-9-12-21(16-24)25-17-20-10-7-8-11-22(20)18-26-25;1-7-20(15-14-18(2)23(3,4)5)25(6)21-12-10-11-19(17-21)22-13-8-9-16-24-22;1-3-4-2;1-2;;;;/h4-15,17-18H,1-2H2;8-16H,7H2,1-6H3;3H,1-2H3;1-2H3;2*1H3;;/q-2;-1;;;2*-1;;+2/b;18-14+,20-15+;;;;;;. The number of aromatic nitrogens is 2. The molecule has 6 rings (SSSR count). The van der Waals surface area contributed by atoms with Crippen molar-refractivity contribution in [2.45, 2.75) is 61.8 Å². The smallest absolute Gasteiger partial charge is 0.365 e. The predicted octanol–water partition coefficient (Wildman–Crippen LogP) is 15.2. The van der Waals surface area contributed by atoms with E-state index >= 15 is 0 Å². The van der Waals surface area contributed by atoms with Crippen LogP contribution < -0.4 is 9.80 Å². The summed E-state index contributed by atoms with van der Waals surface area (Å²) in [5, 5.41) is 2.28. The number of rotatable bonds is 10. The fourth-order valence-corrected chi connectivity index (χ4v) is 5.48. The van der Waals surface area contributed by atoms with Gasteiger partial charge < -0.3 is 39.6 Å². The molecule has 62 heavy (non-hydrogen) atoms. The van der Waals surface area contributed by atoms with Gasteiger partial charge in [-0.15, -0.1) is 65.4 Å². The van der Waals surface area contributed by atoms with Gasteiger partial charge in [0.2, 0.25) is 0 Å². The summed E-state index contributed by atoms with van der Waals surface area (Å²) < 4.78 is 0. The SMILES string of the molecule is C=[C-]C(=C)N(c1[c-]c(-c2cc3ccccc3cn2)ccc1)c1ccccc1.CC.CC/C(=C\C=C(/C)C(C)(C)C)N(C)c1[c-]c(-c2ccccn2)ccc1.CC=NC.[CH3-].[CH3-].[Pt+2].[Pt]. The fraction of sp³-hybridized carbons (Fsp3) is 0.218. The number of hydrogen-bond acceptors (Lipinski definition) is 5. The van der Waals surface area contributed by atoms with Crippen molar-refractivity contribution in [2.24, 2.45) is 10.4 Å². The second-order valence-corrected chi connectivity index (χ2v) is 14.0. The summed E-state index contributed by atoms with van der Waals surface area (Å²) in [4.78, 5) is 16.8. The van der Waals surface area contributed by atoms with E-state index in [0.717, 1.165) is 56.8 Å². The quantitative estimate of drug-likeness (QED) is 0.0779. The molecule has 5 nitrogen and oxygen atoms in total. The van der Waals surface area contributed by atoms with E-state index in [-0.39, 0.29) is 62.4 Å². The van der Waals surface area contributed by atoms with Crippen LogP contribution in [0.25, 0.3) is 33.3 Å². The van der Waals surface area contributed by atoms with Gasteiger partial charge in [-0.3, -0.25) is 0 Å². The van der Waals surface area contributed by atoms with Gasteiger partial charge in [-0.25, -0.2) is 12.7 Å². The molecule has 7 heteroatoms. The number of aliphatic imine (C=N–C) groups is 1. The molecule has 0 radical (unpaired) electrons. The summed E-state index contributed by atoms with van der Waals surface area (Å²) in [6.45, 7) is 24.8. The van der Waals surface area contributed by atoms with Crippen LogP contribution in [0.4, 0.5) is 17.1 Å². The number of para-hydroxylation sites is 1. The van der Waals surface area contributed by atoms with Gasteiger partial charge in [0.25, 0.3) is 0 Å². The zero-order valence-electron chi connectivity index (χ0n) is 38.8. The molecular formula is C55H66N5Pt2-3. The molecule has 0 bridgehead atoms. The minimum Gasteiger partial charge on any atom is -0.365 e. The first kappa shape index (κ1) is 59.1. The molecule has 0 aliphatic heterocycles. The summed E-state index contributed by atoms with van der Waals surface area (Å²) in [5.41, 5.74) is 10.2. The van der Waals surface area contributed by atoms with Crippen LogP contribution in [0, 0.1) is 38.5 Å². The molecule has 0 aliphatic carbocycles. The van der Waals surface area contributed by atoms with Gasteiger partial charge in [0.05, 0.1) is 0 Å². The number of nitrogens with zero attached hydrogens (tertiary/aromatic N) is 5. The van der Waals surface area contributed by atoms with Gasteiger partial charge in [0, 0.05) is 58.9 Å². The Bertz CT molecular complexity index is 2270. The number of anilines is 3. The van der Waals surface area contributed by atoms with Crippen LogP contribution >= 0.6 is 0 Å². The molecule has 0 saturated carbocycles. The molecule has 0 fully saturated rings. The van der Waals surface area contributed by atoms with Crippen LogP contribution in [-0.2, 0) is 42.1 Å². The van der Waals surface area contributed by atoms with Gasteiger partial charge in [-0.2, -0.15) is 6.58 Å². The molecule has 0 N–H and O–H groups in total. The molecule has 0 atom stereocenters. The van der Waals surface area contributed by atoms with Gasteiger partial charge in [0.15, 0.2) is 0 Å². The summed E-state index contributed by atoms with van der Waals surface area (Å²) in [6.07, 6.45) is 13.8. The Hall–Kier alpha value is -4.95. The van der Waals surface area contributed by atoms with Crippen molar-refractivity contribution in [3.05, 3.63) is 203 Å². The van der Waals surface area contributed by atoms with E-state index in [1.165, 1.54) is 11.3 Å². The Morgan fingerprint density at radius 2 is 1.32 bits per heavy atom. The molecule has 0 spiro atoms. The summed E-state index contributed by atoms with van der Waals surface area (Å²) in [7, 11) is 3.85. The van der Waals surface area contributed by atoms with Gasteiger partial charge in [-0.1, -0.05) is 114 Å². The Kier molecular flexibility index (Phi) is 29.5. The normalized spacial score (nSPS) is 10.5. The second-order valence-electron chi connectivity index (χ2n) is 14.0. The van der Waals surface area contributed by atoms with Crippen molar-refractivity contribution in [1.82, 2.24) is 9.97 Å². The van der Waals surface area contributed by atoms with E-state index in [1.807, 2.05) is 117 Å². The number of fused-ring (bicyclic) bond motifs is 1. The third kappa shape index (κ3) is 17.8. The Morgan fingerprint density at radius 3 is 1.87 bits per heavy atom. The molecule has 6 aromatic rings. The fourth-order valence-electron chi connectivity index (χ4n) is 5.48. The number of pyridine rings is 2. The van der Waals surface area contributed by atoms with Crippen molar-refractivity contribution in [1.29, 1.82) is 0 Å². The molecule has 0 amide bonds. The molecule has 0 saturated heterocycles. The van der Waals surface area contributed by atoms with Gasteiger partial charge in [0.1, 0.15) is 0 Å². The van der Waals surface area contributed by atoms with Gasteiger partial charge >= 0.3 is 21.1 Å². The van der Waals surface area contributed by atoms with Crippen LogP contribution in [-0.4, -0.2) is 30.3 Å². The number of benzene rings is 4. The maximum absolute atomic E-state index is 4.62. The first-order valence-electron chi connectivity index (χ1n) is 19.9. The van der Waals surface area contributed by atoms with Crippen LogP contribution in [0.5, 0.6) is 0 Å². The van der Waals surface area contributed by atoms with Crippen molar-refractivity contribution >= 4 is 34.0 Å². The molecule has 0 aliphatic rings. The summed E-state index contributed by atoms with van der Waals surface area (Å²) in [5.74, 6) is 0. The second kappa shape index (κ2) is 31.0. The van der Waals surface area contributed by atoms with E-state index in [0.29, 0.717) is 5.70 Å². The van der Waals surface area contributed by atoms with Crippen molar-refractivity contribution < 1.29 is 42.1 Å². The van der Waals surface area contributed by atoms with Crippen molar-refractivity contribution in [3.63, 3.8) is 0 Å². The van der Waals surface area contributed by atoms with Crippen LogP contribution in [0.1, 0.15) is 61.8 Å². The predicted molar refractivity (Wildman–Crippen MR) is 265 cm³/mol. The zero-order chi connectivity index (χ0) is 42.5. The van der Waals surface area contributed by atoms with Crippen LogP contribution in [0.2, 0.25) is 0 Å². The Balaban J connectivity index is 0. The Labute approximate surface area is 405 Å². The summed E-state index contributed by atoms with van der Waals surface area (Å²) in [6, 6.07) is 45.5. The molecule has 334 valence electrons. The maximum Gasteiger partial charge on any atom is 2.00 e. The average Bonchev–Trinajstić information content (AvgIpc) is 3.27. The largest absolute Gasteiger partial charge is 2.00 e. The first-order valence-corrected chi connectivity index (χ1v) is 19.9. The van der Waals surface area contributed by atoms with Crippen molar-refractivity contribution in [2.75, 3.05) is 23.9 Å². The molecule has 2 heterocycles. The number of hydrogen-bond donors (Lipinski definition) is 0. The topological polar surface area (TPSA) is 44.6 Å². The maximum atomic E-state index is 4.62. The molecular weight excluding hydrogens is 1120 g/mol. The molecule has 0 unspecified atom stereocenters. The van der Waals surface area contributed by atoms with Crippen molar-refractivity contribution in [3.8, 4) is 22.5 Å². The van der Waals surface area contributed by atoms with E-state index in [2.05, 4.69) is 141 Å². The zero-order valence-corrected chi connectivity index (χ0v) is 43.4.